The van der Waals surface area contributed by atoms with E-state index in [-0.39, 0.29) is 0 Å². The average molecular weight is 182 g/mol. The van der Waals surface area contributed by atoms with Crippen molar-refractivity contribution in [3.8, 4) is 0 Å². The van der Waals surface area contributed by atoms with Crippen LogP contribution >= 0.6 is 0 Å². The number of hydrogen-bond acceptors (Lipinski definition) is 0. The molecule has 0 rings (SSSR count). The van der Waals surface area contributed by atoms with Gasteiger partial charge in [-0.15, -0.1) is 0 Å². The molecule has 0 aromatic carbocycles. The van der Waals surface area contributed by atoms with E-state index < -0.39 is 0 Å². The van der Waals surface area contributed by atoms with Gasteiger partial charge < -0.3 is 0 Å². The van der Waals surface area contributed by atoms with Gasteiger partial charge in [-0.1, -0.05) is 66.4 Å². The molecule has 0 aliphatic heterocycles. The molecule has 0 atom stereocenters. The highest BCUT2D eigenvalue weighted by molar-refractivity contribution is 6.60. The lowest BCUT2D eigenvalue weighted by Crippen LogP contribution is -2.21. The average Bonchev–Trinajstić information content (AvgIpc) is 1.82. The Morgan fingerprint density at radius 1 is 0.923 bits per heavy atom. The summed E-state index contributed by atoms with van der Waals surface area (Å²) in [7, 11) is 0. The number of hydrogen-bond donors (Lipinski definition) is 0. The highest BCUT2D eigenvalue weighted by atomic mass is 14.1. The van der Waals surface area contributed by atoms with E-state index in [2.05, 4.69) is 48.4 Å². The van der Waals surface area contributed by atoms with Crippen LogP contribution in [0.3, 0.4) is 0 Å². The van der Waals surface area contributed by atoms with Crippen molar-refractivity contribution in [1.82, 2.24) is 0 Å². The van der Waals surface area contributed by atoms with Crippen molar-refractivity contribution in [2.24, 2.45) is 5.41 Å². The first-order chi connectivity index (χ1) is 5.63. The van der Waals surface area contributed by atoms with Gasteiger partial charge in [-0.05, 0) is 11.8 Å². The monoisotopic (exact) mass is 182 g/mol. The summed E-state index contributed by atoms with van der Waals surface area (Å²) in [6, 6.07) is 0. The Kier molecular flexibility index (Phi) is 4.55. The molecule has 0 nitrogen and oxygen atoms in total. The van der Waals surface area contributed by atoms with E-state index in [0.717, 1.165) is 6.71 Å². The minimum absolute atomic E-state index is 0.484. The van der Waals surface area contributed by atoms with Crippen molar-refractivity contribution in [3.63, 3.8) is 0 Å². The summed E-state index contributed by atoms with van der Waals surface area (Å²) in [4.78, 5) is 0. The highest BCUT2D eigenvalue weighted by Crippen LogP contribution is 2.31. The van der Waals surface area contributed by atoms with Crippen LogP contribution < -0.4 is 0 Å². The van der Waals surface area contributed by atoms with Crippen LogP contribution in [0.15, 0.2) is 0 Å². The molecular weight excluding hydrogens is 155 g/mol. The van der Waals surface area contributed by atoms with Crippen molar-refractivity contribution in [3.05, 3.63) is 0 Å². The first-order valence-electron chi connectivity index (χ1n) is 5.63. The Balaban J connectivity index is 3.67. The van der Waals surface area contributed by atoms with E-state index in [4.69, 9.17) is 0 Å². The highest BCUT2D eigenvalue weighted by Gasteiger charge is 2.23. The molecule has 0 heterocycles. The van der Waals surface area contributed by atoms with Crippen LogP contribution in [0, 0.1) is 5.41 Å². The predicted octanol–water partition coefficient (Wildman–Crippen LogP) is 4.74. The molecule has 0 amide bonds. The van der Waals surface area contributed by atoms with E-state index >= 15 is 0 Å². The summed E-state index contributed by atoms with van der Waals surface area (Å²) in [6.07, 6.45) is 4.11. The normalized spacial score (nSPS) is 13.2. The molecule has 0 unspecified atom stereocenters. The van der Waals surface area contributed by atoms with E-state index in [1.165, 1.54) is 19.2 Å². The second-order valence-corrected chi connectivity index (χ2v) is 6.72. The number of rotatable bonds is 3. The van der Waals surface area contributed by atoms with Crippen LogP contribution in [-0.4, -0.2) is 6.71 Å². The topological polar surface area (TPSA) is 0 Å². The zero-order chi connectivity index (χ0) is 10.7. The zero-order valence-electron chi connectivity index (χ0n) is 10.7. The fourth-order valence-electron chi connectivity index (χ4n) is 1.37. The zero-order valence-corrected chi connectivity index (χ0v) is 10.7. The Morgan fingerprint density at radius 2 is 1.38 bits per heavy atom. The van der Waals surface area contributed by atoms with E-state index in [1.807, 2.05) is 0 Å². The molecule has 0 aromatic heterocycles. The van der Waals surface area contributed by atoms with Crippen LogP contribution in [0.5, 0.6) is 0 Å². The van der Waals surface area contributed by atoms with Crippen molar-refractivity contribution < 1.29 is 0 Å². The maximum atomic E-state index is 2.38. The van der Waals surface area contributed by atoms with E-state index in [0.29, 0.717) is 10.7 Å². The Hall–Kier alpha value is 0.0649. The van der Waals surface area contributed by atoms with Gasteiger partial charge in [0.15, 0.2) is 0 Å². The molecule has 78 valence electrons. The van der Waals surface area contributed by atoms with Crippen molar-refractivity contribution in [2.45, 2.75) is 72.8 Å². The molecule has 0 aliphatic rings. The quantitative estimate of drug-likeness (QED) is 0.553. The van der Waals surface area contributed by atoms with Gasteiger partial charge in [-0.3, -0.25) is 0 Å². The minimum Gasteiger partial charge on any atom is -0.0857 e. The first kappa shape index (κ1) is 13.1. The third-order valence-corrected chi connectivity index (χ3v) is 3.04. The van der Waals surface area contributed by atoms with Crippen LogP contribution in [-0.2, 0) is 0 Å². The van der Waals surface area contributed by atoms with Crippen molar-refractivity contribution >= 4 is 6.71 Å². The maximum absolute atomic E-state index is 2.38. The molecule has 0 aliphatic carbocycles. The summed E-state index contributed by atoms with van der Waals surface area (Å²) in [5, 5.41) is 0.484. The van der Waals surface area contributed by atoms with Gasteiger partial charge in [0.2, 0.25) is 0 Å². The summed E-state index contributed by atoms with van der Waals surface area (Å²) in [5.41, 5.74) is 0.512. The molecule has 13 heavy (non-hydrogen) atoms. The van der Waals surface area contributed by atoms with Gasteiger partial charge in [0, 0.05) is 0 Å². The lowest BCUT2D eigenvalue weighted by molar-refractivity contribution is 0.372. The largest absolute Gasteiger partial charge is 0.142 e. The second-order valence-electron chi connectivity index (χ2n) is 6.72. The van der Waals surface area contributed by atoms with Crippen LogP contribution in [0.1, 0.15) is 54.4 Å². The molecule has 0 saturated carbocycles. The van der Waals surface area contributed by atoms with E-state index in [1.54, 1.807) is 0 Å². The first-order valence-corrected chi connectivity index (χ1v) is 5.63. The second kappa shape index (κ2) is 4.53. The fourth-order valence-corrected chi connectivity index (χ4v) is 1.37. The molecule has 0 saturated heterocycles. The summed E-state index contributed by atoms with van der Waals surface area (Å²) >= 11 is 0. The molecule has 0 radical (unpaired) electrons. The summed E-state index contributed by atoms with van der Waals surface area (Å²) in [6.45, 7) is 17.2. The molecular formula is C12H27B. The minimum atomic E-state index is 0.484. The standard InChI is InChI=1S/C12H27B/c1-11(2,3)9-8-10-13(7)12(4,5)6/h8-10H2,1-7H3. The van der Waals surface area contributed by atoms with Gasteiger partial charge in [-0.25, -0.2) is 0 Å². The lowest BCUT2D eigenvalue weighted by atomic mass is 9.34. The lowest BCUT2D eigenvalue weighted by Gasteiger charge is -2.26. The fraction of sp³-hybridized carbons (Fsp3) is 1.00. The van der Waals surface area contributed by atoms with Crippen molar-refractivity contribution in [1.29, 1.82) is 0 Å². The van der Waals surface area contributed by atoms with Gasteiger partial charge in [-0.2, -0.15) is 0 Å². The Bertz CT molecular complexity index is 136. The van der Waals surface area contributed by atoms with Gasteiger partial charge in [0.05, 0.1) is 0 Å². The van der Waals surface area contributed by atoms with Crippen molar-refractivity contribution in [2.75, 3.05) is 0 Å². The molecule has 1 heteroatoms. The molecule has 0 N–H and O–H groups in total. The molecule has 0 spiro atoms. The Labute approximate surface area is 85.6 Å². The summed E-state index contributed by atoms with van der Waals surface area (Å²) in [5.74, 6) is 0. The third kappa shape index (κ3) is 7.16. The molecule has 0 aromatic rings. The SMILES string of the molecule is CB(CCCC(C)(C)C)C(C)(C)C. The van der Waals surface area contributed by atoms with Crippen LogP contribution in [0.25, 0.3) is 0 Å². The van der Waals surface area contributed by atoms with Gasteiger partial charge in [0.1, 0.15) is 6.71 Å². The Morgan fingerprint density at radius 3 is 1.69 bits per heavy atom. The van der Waals surface area contributed by atoms with Gasteiger partial charge in [0.25, 0.3) is 0 Å². The predicted molar refractivity (Wildman–Crippen MR) is 64.8 cm³/mol. The van der Waals surface area contributed by atoms with Crippen LogP contribution in [0.4, 0.5) is 0 Å². The third-order valence-electron chi connectivity index (χ3n) is 3.04. The molecule has 0 bridgehead atoms. The maximum Gasteiger partial charge on any atom is 0.142 e. The summed E-state index contributed by atoms with van der Waals surface area (Å²) < 4.78 is 0. The van der Waals surface area contributed by atoms with Crippen LogP contribution in [0.2, 0.25) is 18.5 Å². The van der Waals surface area contributed by atoms with Gasteiger partial charge >= 0.3 is 0 Å². The smallest absolute Gasteiger partial charge is 0.0857 e. The molecule has 0 fully saturated rings. The van der Waals surface area contributed by atoms with E-state index in [9.17, 15) is 0 Å².